The molecule has 0 aliphatic carbocycles. The summed E-state index contributed by atoms with van der Waals surface area (Å²) in [5, 5.41) is 27.5. The van der Waals surface area contributed by atoms with Gasteiger partial charge in [0, 0.05) is 4.47 Å². The van der Waals surface area contributed by atoms with Gasteiger partial charge in [-0.3, -0.25) is 4.79 Å². The fourth-order valence-corrected chi connectivity index (χ4v) is 1.82. The average Bonchev–Trinajstić information content (AvgIpc) is 2.15. The van der Waals surface area contributed by atoms with Gasteiger partial charge in [0.25, 0.3) is 0 Å². The highest BCUT2D eigenvalue weighted by molar-refractivity contribution is 9.10. The molecule has 1 aromatic rings. The zero-order valence-electron chi connectivity index (χ0n) is 8.10. The lowest BCUT2D eigenvalue weighted by atomic mass is 10.0. The maximum Gasteiger partial charge on any atom is 0.306 e. The van der Waals surface area contributed by atoms with E-state index >= 15 is 0 Å². The maximum atomic E-state index is 12.8. The van der Waals surface area contributed by atoms with Gasteiger partial charge < -0.3 is 15.3 Å². The first kappa shape index (κ1) is 13.1. The number of rotatable bonds is 4. The van der Waals surface area contributed by atoms with Crippen molar-refractivity contribution in [3.05, 3.63) is 34.1 Å². The Bertz CT molecular complexity index is 396. The quantitative estimate of drug-likeness (QED) is 0.785. The fraction of sp³-hybridized carbons (Fsp3) is 0.300. The van der Waals surface area contributed by atoms with Gasteiger partial charge in [-0.2, -0.15) is 0 Å². The number of aliphatic hydroxyl groups is 2. The second-order valence-electron chi connectivity index (χ2n) is 3.28. The van der Waals surface area contributed by atoms with Crippen molar-refractivity contribution in [1.82, 2.24) is 0 Å². The summed E-state index contributed by atoms with van der Waals surface area (Å²) in [5.74, 6) is -1.71. The van der Waals surface area contributed by atoms with Crippen LogP contribution in [0.1, 0.15) is 18.1 Å². The molecular weight excluding hydrogens is 283 g/mol. The van der Waals surface area contributed by atoms with Crippen molar-refractivity contribution in [3.63, 3.8) is 0 Å². The molecule has 6 heteroatoms. The number of carboxylic acids is 1. The second kappa shape index (κ2) is 5.38. The molecule has 0 amide bonds. The van der Waals surface area contributed by atoms with Crippen LogP contribution in [0.15, 0.2) is 22.7 Å². The molecular formula is C10H10BrFO4. The molecule has 0 saturated carbocycles. The van der Waals surface area contributed by atoms with Gasteiger partial charge in [-0.05, 0) is 17.7 Å². The number of aliphatic hydroxyl groups excluding tert-OH is 2. The molecule has 16 heavy (non-hydrogen) atoms. The summed E-state index contributed by atoms with van der Waals surface area (Å²) in [6, 6.07) is 3.54. The third-order valence-corrected chi connectivity index (χ3v) is 2.72. The number of halogens is 2. The minimum absolute atomic E-state index is 0.246. The molecule has 2 unspecified atom stereocenters. The Morgan fingerprint density at radius 1 is 1.44 bits per heavy atom. The van der Waals surface area contributed by atoms with Crippen LogP contribution in [-0.2, 0) is 4.79 Å². The van der Waals surface area contributed by atoms with Crippen LogP contribution in [0.25, 0.3) is 0 Å². The van der Waals surface area contributed by atoms with Gasteiger partial charge in [-0.15, -0.1) is 0 Å². The van der Waals surface area contributed by atoms with Gasteiger partial charge in [0.05, 0.1) is 12.5 Å². The van der Waals surface area contributed by atoms with E-state index in [4.69, 9.17) is 5.11 Å². The van der Waals surface area contributed by atoms with E-state index in [-0.39, 0.29) is 10.0 Å². The van der Waals surface area contributed by atoms with E-state index in [0.717, 1.165) is 12.1 Å². The number of aliphatic carboxylic acids is 1. The minimum atomic E-state index is -1.43. The van der Waals surface area contributed by atoms with E-state index < -0.39 is 30.4 Å². The Kier molecular flexibility index (Phi) is 4.40. The zero-order chi connectivity index (χ0) is 12.3. The molecule has 0 spiro atoms. The summed E-state index contributed by atoms with van der Waals surface area (Å²) in [7, 11) is 0. The van der Waals surface area contributed by atoms with E-state index in [0.29, 0.717) is 0 Å². The summed E-state index contributed by atoms with van der Waals surface area (Å²) >= 11 is 3.02. The van der Waals surface area contributed by atoms with Crippen molar-refractivity contribution < 1.29 is 24.5 Å². The van der Waals surface area contributed by atoms with Gasteiger partial charge in [0.1, 0.15) is 11.9 Å². The summed E-state index contributed by atoms with van der Waals surface area (Å²) in [6.07, 6.45) is -3.38. The van der Waals surface area contributed by atoms with Crippen molar-refractivity contribution in [2.45, 2.75) is 18.6 Å². The van der Waals surface area contributed by atoms with Gasteiger partial charge in [0.15, 0.2) is 0 Å². The third kappa shape index (κ3) is 3.26. The number of benzene rings is 1. The molecule has 4 nitrogen and oxygen atoms in total. The van der Waals surface area contributed by atoms with Crippen LogP contribution >= 0.6 is 15.9 Å². The Morgan fingerprint density at radius 2 is 2.06 bits per heavy atom. The second-order valence-corrected chi connectivity index (χ2v) is 4.13. The van der Waals surface area contributed by atoms with Crippen LogP contribution < -0.4 is 0 Å². The average molecular weight is 293 g/mol. The molecule has 1 aromatic carbocycles. The standard InChI is InChI=1S/C10H10BrFO4/c11-7-3-5(12)1-2-6(7)10(16)8(13)4-9(14)15/h1-3,8,10,13,16H,4H2,(H,14,15). The first-order valence-electron chi connectivity index (χ1n) is 4.44. The molecule has 3 N–H and O–H groups in total. The number of carboxylic acid groups (broad SMARTS) is 1. The highest BCUT2D eigenvalue weighted by Gasteiger charge is 2.23. The van der Waals surface area contributed by atoms with Crippen LogP contribution in [-0.4, -0.2) is 27.4 Å². The molecule has 1 rings (SSSR count). The topological polar surface area (TPSA) is 77.8 Å². The lowest BCUT2D eigenvalue weighted by Crippen LogP contribution is -2.22. The van der Waals surface area contributed by atoms with E-state index in [9.17, 15) is 19.4 Å². The molecule has 0 saturated heterocycles. The predicted molar refractivity (Wildman–Crippen MR) is 57.3 cm³/mol. The van der Waals surface area contributed by atoms with E-state index in [1.807, 2.05) is 0 Å². The van der Waals surface area contributed by atoms with Crippen LogP contribution in [0.5, 0.6) is 0 Å². The Labute approximate surface area is 99.5 Å². The van der Waals surface area contributed by atoms with Crippen LogP contribution in [0.3, 0.4) is 0 Å². The summed E-state index contributed by atoms with van der Waals surface area (Å²) in [5.41, 5.74) is 0.246. The van der Waals surface area contributed by atoms with E-state index in [1.54, 1.807) is 0 Å². The Hall–Kier alpha value is -0.980. The Morgan fingerprint density at radius 3 is 2.56 bits per heavy atom. The van der Waals surface area contributed by atoms with Crippen molar-refractivity contribution >= 4 is 21.9 Å². The molecule has 0 aliphatic rings. The molecule has 2 atom stereocenters. The highest BCUT2D eigenvalue weighted by atomic mass is 79.9. The minimum Gasteiger partial charge on any atom is -0.481 e. The lowest BCUT2D eigenvalue weighted by Gasteiger charge is -2.17. The summed E-state index contributed by atoms with van der Waals surface area (Å²) in [4.78, 5) is 10.3. The maximum absolute atomic E-state index is 12.8. The number of hydrogen-bond donors (Lipinski definition) is 3. The molecule has 0 aromatic heterocycles. The number of carbonyl (C=O) groups is 1. The smallest absolute Gasteiger partial charge is 0.306 e. The molecule has 88 valence electrons. The van der Waals surface area contributed by atoms with Crippen molar-refractivity contribution in [3.8, 4) is 0 Å². The Balaban J connectivity index is 2.87. The molecule has 0 heterocycles. The van der Waals surface area contributed by atoms with Gasteiger partial charge in [-0.25, -0.2) is 4.39 Å². The SMILES string of the molecule is O=C(O)CC(O)C(O)c1ccc(F)cc1Br. The molecule has 0 bridgehead atoms. The molecule has 0 aliphatic heterocycles. The summed E-state index contributed by atoms with van der Waals surface area (Å²) < 4.78 is 13.0. The summed E-state index contributed by atoms with van der Waals surface area (Å²) in [6.45, 7) is 0. The van der Waals surface area contributed by atoms with Gasteiger partial charge in [-0.1, -0.05) is 22.0 Å². The van der Waals surface area contributed by atoms with E-state index in [1.165, 1.54) is 6.07 Å². The van der Waals surface area contributed by atoms with Crippen LogP contribution in [0.2, 0.25) is 0 Å². The normalized spacial score (nSPS) is 14.5. The lowest BCUT2D eigenvalue weighted by molar-refractivity contribution is -0.141. The predicted octanol–water partition coefficient (Wildman–Crippen LogP) is 1.46. The fourth-order valence-electron chi connectivity index (χ4n) is 1.24. The van der Waals surface area contributed by atoms with Crippen LogP contribution in [0, 0.1) is 5.82 Å². The monoisotopic (exact) mass is 292 g/mol. The van der Waals surface area contributed by atoms with Gasteiger partial charge >= 0.3 is 5.97 Å². The first-order chi connectivity index (χ1) is 7.41. The molecule has 0 fully saturated rings. The largest absolute Gasteiger partial charge is 0.481 e. The van der Waals surface area contributed by atoms with Crippen molar-refractivity contribution in [2.24, 2.45) is 0 Å². The van der Waals surface area contributed by atoms with Crippen LogP contribution in [0.4, 0.5) is 4.39 Å². The van der Waals surface area contributed by atoms with Gasteiger partial charge in [0.2, 0.25) is 0 Å². The van der Waals surface area contributed by atoms with Crippen molar-refractivity contribution in [1.29, 1.82) is 0 Å². The molecule has 0 radical (unpaired) electrons. The van der Waals surface area contributed by atoms with Crippen molar-refractivity contribution in [2.75, 3.05) is 0 Å². The first-order valence-corrected chi connectivity index (χ1v) is 5.24. The third-order valence-electron chi connectivity index (χ3n) is 2.03. The highest BCUT2D eigenvalue weighted by Crippen LogP contribution is 2.27. The zero-order valence-corrected chi connectivity index (χ0v) is 9.69. The van der Waals surface area contributed by atoms with E-state index in [2.05, 4.69) is 15.9 Å². The number of hydrogen-bond acceptors (Lipinski definition) is 3.